The number of hydrogen-bond acceptors (Lipinski definition) is 3. The van der Waals surface area contributed by atoms with Crippen molar-refractivity contribution in [2.24, 2.45) is 0 Å². The summed E-state index contributed by atoms with van der Waals surface area (Å²) in [6.07, 6.45) is 0.935. The van der Waals surface area contributed by atoms with Gasteiger partial charge in [0.15, 0.2) is 0 Å². The van der Waals surface area contributed by atoms with Crippen molar-refractivity contribution in [1.29, 1.82) is 0 Å². The average molecular weight is 287 g/mol. The summed E-state index contributed by atoms with van der Waals surface area (Å²) in [4.78, 5) is 0. The van der Waals surface area contributed by atoms with Crippen LogP contribution in [0, 0.1) is 0 Å². The maximum atomic E-state index is 5.81. The van der Waals surface area contributed by atoms with E-state index in [1.165, 1.54) is 16.3 Å². The van der Waals surface area contributed by atoms with Crippen molar-refractivity contribution in [2.75, 3.05) is 33.5 Å². The minimum Gasteiger partial charge on any atom is -0.385 e. The lowest BCUT2D eigenvalue weighted by Gasteiger charge is -2.20. The highest BCUT2D eigenvalue weighted by molar-refractivity contribution is 5.86. The summed E-state index contributed by atoms with van der Waals surface area (Å²) in [5.74, 6) is 0. The zero-order chi connectivity index (χ0) is 14.9. The highest BCUT2D eigenvalue weighted by atomic mass is 16.5. The molecule has 0 aliphatic heterocycles. The van der Waals surface area contributed by atoms with Crippen molar-refractivity contribution in [3.63, 3.8) is 0 Å². The molecule has 21 heavy (non-hydrogen) atoms. The Morgan fingerprint density at radius 2 is 1.86 bits per heavy atom. The molecule has 0 heterocycles. The fourth-order valence-corrected chi connectivity index (χ4v) is 2.57. The topological polar surface area (TPSA) is 30.5 Å². The van der Waals surface area contributed by atoms with E-state index in [0.29, 0.717) is 6.61 Å². The van der Waals surface area contributed by atoms with Gasteiger partial charge in [-0.2, -0.15) is 0 Å². The second-order valence-corrected chi connectivity index (χ2v) is 5.10. The Morgan fingerprint density at radius 3 is 2.67 bits per heavy atom. The Kier molecular flexibility index (Phi) is 6.67. The third-order valence-electron chi connectivity index (χ3n) is 3.57. The van der Waals surface area contributed by atoms with E-state index in [0.717, 1.165) is 26.2 Å². The predicted octanol–water partition coefficient (Wildman–Crippen LogP) is 3.54. The van der Waals surface area contributed by atoms with Crippen LogP contribution in [0.1, 0.15) is 24.9 Å². The third kappa shape index (κ3) is 4.53. The summed E-state index contributed by atoms with van der Waals surface area (Å²) in [7, 11) is 1.72. The van der Waals surface area contributed by atoms with Crippen LogP contribution in [0.4, 0.5) is 0 Å². The minimum atomic E-state index is 0.226. The van der Waals surface area contributed by atoms with Crippen LogP contribution < -0.4 is 5.32 Å². The van der Waals surface area contributed by atoms with Gasteiger partial charge in [0.25, 0.3) is 0 Å². The summed E-state index contributed by atoms with van der Waals surface area (Å²) in [6, 6.07) is 15.2. The lowest BCUT2D eigenvalue weighted by atomic mass is 9.99. The van der Waals surface area contributed by atoms with Crippen molar-refractivity contribution in [3.05, 3.63) is 48.0 Å². The van der Waals surface area contributed by atoms with E-state index in [1.807, 2.05) is 0 Å². The molecule has 2 rings (SSSR count). The van der Waals surface area contributed by atoms with Crippen molar-refractivity contribution in [3.8, 4) is 0 Å². The molecule has 3 nitrogen and oxygen atoms in total. The first kappa shape index (κ1) is 16.0. The largest absolute Gasteiger partial charge is 0.385 e. The number of benzene rings is 2. The van der Waals surface area contributed by atoms with Gasteiger partial charge >= 0.3 is 0 Å². The Balaban J connectivity index is 2.08. The van der Waals surface area contributed by atoms with Crippen molar-refractivity contribution in [2.45, 2.75) is 19.4 Å². The van der Waals surface area contributed by atoms with Gasteiger partial charge < -0.3 is 14.8 Å². The van der Waals surface area contributed by atoms with Gasteiger partial charge in [-0.05, 0) is 29.3 Å². The zero-order valence-electron chi connectivity index (χ0n) is 13.0. The second-order valence-electron chi connectivity index (χ2n) is 5.10. The summed E-state index contributed by atoms with van der Waals surface area (Å²) in [6.45, 7) is 5.23. The first-order valence-corrected chi connectivity index (χ1v) is 7.64. The van der Waals surface area contributed by atoms with Crippen molar-refractivity contribution >= 4 is 10.8 Å². The van der Waals surface area contributed by atoms with Gasteiger partial charge in [-0.15, -0.1) is 0 Å². The lowest BCUT2D eigenvalue weighted by Crippen LogP contribution is -2.26. The number of hydrogen-bond donors (Lipinski definition) is 1. The smallest absolute Gasteiger partial charge is 0.0661 e. The molecule has 0 saturated heterocycles. The van der Waals surface area contributed by atoms with Gasteiger partial charge in [0.2, 0.25) is 0 Å². The number of likely N-dealkylation sites (N-methyl/N-ethyl adjacent to an activating group) is 1. The zero-order valence-corrected chi connectivity index (χ0v) is 13.0. The molecule has 0 bridgehead atoms. The van der Waals surface area contributed by atoms with Gasteiger partial charge in [0.05, 0.1) is 12.6 Å². The van der Waals surface area contributed by atoms with Crippen LogP contribution in [0.5, 0.6) is 0 Å². The molecule has 0 radical (unpaired) electrons. The molecule has 0 aliphatic carbocycles. The first-order valence-electron chi connectivity index (χ1n) is 7.64. The van der Waals surface area contributed by atoms with E-state index in [1.54, 1.807) is 7.11 Å². The van der Waals surface area contributed by atoms with E-state index in [4.69, 9.17) is 9.47 Å². The van der Waals surface area contributed by atoms with Crippen molar-refractivity contribution in [1.82, 2.24) is 5.32 Å². The Labute approximate surface area is 127 Å². The number of fused-ring (bicyclic) bond motifs is 1. The molecule has 1 N–H and O–H groups in total. The van der Waals surface area contributed by atoms with E-state index in [2.05, 4.69) is 54.7 Å². The molecule has 0 aromatic heterocycles. The first-order chi connectivity index (χ1) is 10.4. The van der Waals surface area contributed by atoms with Gasteiger partial charge in [-0.25, -0.2) is 0 Å². The highest BCUT2D eigenvalue weighted by Gasteiger charge is 2.13. The van der Waals surface area contributed by atoms with Gasteiger partial charge in [-0.1, -0.05) is 49.4 Å². The standard InChI is InChI=1S/C18H25NO2/c1-3-19-18(14-21-13-7-12-20-2)17-11-6-9-15-8-4-5-10-16(15)17/h4-6,8-11,18-19H,3,7,12-14H2,1-2H3. The average Bonchev–Trinajstić information content (AvgIpc) is 2.53. The van der Waals surface area contributed by atoms with Crippen LogP contribution >= 0.6 is 0 Å². The number of ether oxygens (including phenoxy) is 2. The molecule has 2 aromatic carbocycles. The number of methoxy groups -OCH3 is 1. The second kappa shape index (κ2) is 8.78. The predicted molar refractivity (Wildman–Crippen MR) is 87.7 cm³/mol. The molecule has 0 fully saturated rings. The van der Waals surface area contributed by atoms with Crippen molar-refractivity contribution < 1.29 is 9.47 Å². The summed E-state index contributed by atoms with van der Waals surface area (Å²) in [5, 5.41) is 6.10. The van der Waals surface area contributed by atoms with Crippen LogP contribution in [-0.4, -0.2) is 33.5 Å². The molecular formula is C18H25NO2. The highest BCUT2D eigenvalue weighted by Crippen LogP contribution is 2.24. The maximum absolute atomic E-state index is 5.81. The fraction of sp³-hybridized carbons (Fsp3) is 0.444. The van der Waals surface area contributed by atoms with E-state index in [9.17, 15) is 0 Å². The summed E-state index contributed by atoms with van der Waals surface area (Å²) in [5.41, 5.74) is 1.31. The van der Waals surface area contributed by atoms with E-state index >= 15 is 0 Å². The van der Waals surface area contributed by atoms with Crippen LogP contribution in [0.2, 0.25) is 0 Å². The summed E-state index contributed by atoms with van der Waals surface area (Å²) < 4.78 is 10.9. The van der Waals surface area contributed by atoms with E-state index in [-0.39, 0.29) is 6.04 Å². The Hall–Kier alpha value is -1.42. The van der Waals surface area contributed by atoms with Gasteiger partial charge in [-0.3, -0.25) is 0 Å². The van der Waals surface area contributed by atoms with Gasteiger partial charge in [0, 0.05) is 20.3 Å². The van der Waals surface area contributed by atoms with Crippen LogP contribution in [0.15, 0.2) is 42.5 Å². The van der Waals surface area contributed by atoms with E-state index < -0.39 is 0 Å². The third-order valence-corrected chi connectivity index (χ3v) is 3.57. The molecular weight excluding hydrogens is 262 g/mol. The SMILES string of the molecule is CCNC(COCCCOC)c1cccc2ccccc12. The molecule has 1 atom stereocenters. The Morgan fingerprint density at radius 1 is 1.05 bits per heavy atom. The van der Waals surface area contributed by atoms with Crippen LogP contribution in [0.25, 0.3) is 10.8 Å². The quantitative estimate of drug-likeness (QED) is 0.716. The Bertz CT molecular complexity index is 536. The van der Waals surface area contributed by atoms with Gasteiger partial charge in [0.1, 0.15) is 0 Å². The minimum absolute atomic E-state index is 0.226. The molecule has 114 valence electrons. The molecule has 1 unspecified atom stereocenters. The molecule has 3 heteroatoms. The molecule has 2 aromatic rings. The molecule has 0 spiro atoms. The normalized spacial score (nSPS) is 12.7. The van der Waals surface area contributed by atoms with Crippen LogP contribution in [0.3, 0.4) is 0 Å². The number of rotatable bonds is 9. The maximum Gasteiger partial charge on any atom is 0.0661 e. The molecule has 0 saturated carbocycles. The number of nitrogens with one attached hydrogen (secondary N) is 1. The monoisotopic (exact) mass is 287 g/mol. The lowest BCUT2D eigenvalue weighted by molar-refractivity contribution is 0.0880. The van der Waals surface area contributed by atoms with Crippen LogP contribution in [-0.2, 0) is 9.47 Å². The molecule has 0 aliphatic rings. The fourth-order valence-electron chi connectivity index (χ4n) is 2.57. The summed E-state index contributed by atoms with van der Waals surface area (Å²) >= 11 is 0. The molecule has 0 amide bonds.